The molecule has 0 saturated carbocycles. The van der Waals surface area contributed by atoms with Crippen LogP contribution in [0.5, 0.6) is 5.75 Å². The van der Waals surface area contributed by atoms with Gasteiger partial charge < -0.3 is 4.74 Å². The van der Waals surface area contributed by atoms with Crippen molar-refractivity contribution < 1.29 is 22.9 Å². The van der Waals surface area contributed by atoms with Crippen molar-refractivity contribution in [3.63, 3.8) is 0 Å². The van der Waals surface area contributed by atoms with Crippen LogP contribution in [0.1, 0.15) is 10.4 Å². The average molecular weight is 351 g/mol. The number of nitro benzene ring substituents is 1. The zero-order valence-corrected chi connectivity index (χ0v) is 13.2. The largest absolute Gasteiger partial charge is 0.497 e. The van der Waals surface area contributed by atoms with Gasteiger partial charge in [0.1, 0.15) is 5.75 Å². The smallest absolute Gasteiger partial charge is 0.270 e. The lowest BCUT2D eigenvalue weighted by Gasteiger charge is -2.09. The molecule has 0 fully saturated rings. The number of carbonyl (C=O) groups is 1. The molecular formula is C14H13N3O6S. The number of non-ortho nitro benzene ring substituents is 1. The molecule has 1 amide bonds. The van der Waals surface area contributed by atoms with Crippen LogP contribution in [0.2, 0.25) is 0 Å². The van der Waals surface area contributed by atoms with E-state index in [0.29, 0.717) is 5.75 Å². The molecule has 0 unspecified atom stereocenters. The van der Waals surface area contributed by atoms with Gasteiger partial charge in [0, 0.05) is 17.7 Å². The number of hydrogen-bond donors (Lipinski definition) is 2. The van der Waals surface area contributed by atoms with Crippen LogP contribution >= 0.6 is 0 Å². The van der Waals surface area contributed by atoms with E-state index in [-0.39, 0.29) is 16.1 Å². The molecule has 10 heteroatoms. The number of hydrazine groups is 1. The van der Waals surface area contributed by atoms with Crippen LogP contribution in [0.3, 0.4) is 0 Å². The molecule has 0 heterocycles. The number of ether oxygens (including phenoxy) is 1. The molecule has 0 bridgehead atoms. The van der Waals surface area contributed by atoms with Crippen LogP contribution in [0.15, 0.2) is 53.4 Å². The highest BCUT2D eigenvalue weighted by Gasteiger charge is 2.17. The first-order valence-electron chi connectivity index (χ1n) is 6.54. The molecule has 0 radical (unpaired) electrons. The molecular weight excluding hydrogens is 338 g/mol. The summed E-state index contributed by atoms with van der Waals surface area (Å²) in [6.07, 6.45) is 0. The summed E-state index contributed by atoms with van der Waals surface area (Å²) < 4.78 is 29.1. The SMILES string of the molecule is COc1ccc(S(=O)(=O)NNC(=O)c2cccc([N+](=O)[O-])c2)cc1. The maximum Gasteiger partial charge on any atom is 0.270 e. The first-order chi connectivity index (χ1) is 11.3. The number of amides is 1. The van der Waals surface area contributed by atoms with Crippen molar-refractivity contribution in [2.24, 2.45) is 0 Å². The van der Waals surface area contributed by atoms with E-state index in [4.69, 9.17) is 4.74 Å². The molecule has 0 aromatic heterocycles. The maximum absolute atomic E-state index is 12.1. The predicted octanol–water partition coefficient (Wildman–Crippen LogP) is 1.23. The molecule has 2 aromatic rings. The molecule has 0 spiro atoms. The van der Waals surface area contributed by atoms with Gasteiger partial charge in [0.25, 0.3) is 21.6 Å². The summed E-state index contributed by atoms with van der Waals surface area (Å²) in [5, 5.41) is 10.7. The van der Waals surface area contributed by atoms with Gasteiger partial charge in [-0.3, -0.25) is 20.3 Å². The Labute approximate surface area is 137 Å². The van der Waals surface area contributed by atoms with Crippen molar-refractivity contribution in [1.82, 2.24) is 10.3 Å². The first kappa shape index (κ1) is 17.4. The van der Waals surface area contributed by atoms with Crippen molar-refractivity contribution in [2.75, 3.05) is 7.11 Å². The van der Waals surface area contributed by atoms with Crippen LogP contribution < -0.4 is 15.0 Å². The summed E-state index contributed by atoms with van der Waals surface area (Å²) >= 11 is 0. The Morgan fingerprint density at radius 1 is 1.17 bits per heavy atom. The van der Waals surface area contributed by atoms with Gasteiger partial charge >= 0.3 is 0 Å². The summed E-state index contributed by atoms with van der Waals surface area (Å²) in [6, 6.07) is 10.4. The number of carbonyl (C=O) groups excluding carboxylic acids is 1. The zero-order valence-electron chi connectivity index (χ0n) is 12.4. The van der Waals surface area contributed by atoms with Gasteiger partial charge in [0.05, 0.1) is 16.9 Å². The van der Waals surface area contributed by atoms with Gasteiger partial charge in [-0.2, -0.15) is 0 Å². The van der Waals surface area contributed by atoms with E-state index >= 15 is 0 Å². The van der Waals surface area contributed by atoms with Gasteiger partial charge in [-0.05, 0) is 30.3 Å². The molecule has 0 atom stereocenters. The number of benzene rings is 2. The molecule has 0 aliphatic carbocycles. The van der Waals surface area contributed by atoms with Crippen LogP contribution in [-0.4, -0.2) is 26.4 Å². The third-order valence-electron chi connectivity index (χ3n) is 2.99. The minimum atomic E-state index is -3.99. The van der Waals surface area contributed by atoms with Crippen LogP contribution in [0.25, 0.3) is 0 Å². The number of nitro groups is 1. The standard InChI is InChI=1S/C14H13N3O6S/c1-23-12-5-7-13(8-6-12)24(21,22)16-15-14(18)10-3-2-4-11(9-10)17(19)20/h2-9,16H,1H3,(H,15,18). The van der Waals surface area contributed by atoms with Gasteiger partial charge in [0.2, 0.25) is 0 Å². The predicted molar refractivity (Wildman–Crippen MR) is 83.9 cm³/mol. The lowest BCUT2D eigenvalue weighted by Crippen LogP contribution is -2.41. The Bertz CT molecular complexity index is 864. The van der Waals surface area contributed by atoms with Gasteiger partial charge in [-0.25, -0.2) is 8.42 Å². The second-order valence-corrected chi connectivity index (χ2v) is 6.22. The molecule has 24 heavy (non-hydrogen) atoms. The number of sulfonamides is 1. The fourth-order valence-electron chi connectivity index (χ4n) is 1.76. The summed E-state index contributed by atoms with van der Waals surface area (Å²) in [6.45, 7) is 0. The quantitative estimate of drug-likeness (QED) is 0.595. The number of hydrogen-bond acceptors (Lipinski definition) is 6. The third-order valence-corrected chi connectivity index (χ3v) is 4.25. The fourth-order valence-corrected chi connectivity index (χ4v) is 2.60. The molecule has 0 aliphatic rings. The average Bonchev–Trinajstić information content (AvgIpc) is 2.60. The summed E-state index contributed by atoms with van der Waals surface area (Å²) in [5.74, 6) is -0.342. The number of nitrogens with zero attached hydrogens (tertiary/aromatic N) is 1. The normalized spacial score (nSPS) is 10.9. The lowest BCUT2D eigenvalue weighted by molar-refractivity contribution is -0.384. The molecule has 0 saturated heterocycles. The van der Waals surface area contributed by atoms with E-state index in [0.717, 1.165) is 6.07 Å². The van der Waals surface area contributed by atoms with E-state index in [1.54, 1.807) is 0 Å². The summed E-state index contributed by atoms with van der Waals surface area (Å²) in [4.78, 5) is 23.8. The van der Waals surface area contributed by atoms with E-state index < -0.39 is 20.9 Å². The molecule has 2 rings (SSSR count). The second kappa shape index (κ2) is 7.06. The van der Waals surface area contributed by atoms with Crippen molar-refractivity contribution >= 4 is 21.6 Å². The highest BCUT2D eigenvalue weighted by molar-refractivity contribution is 7.89. The van der Waals surface area contributed by atoms with Crippen molar-refractivity contribution in [1.29, 1.82) is 0 Å². The van der Waals surface area contributed by atoms with E-state index in [2.05, 4.69) is 0 Å². The summed E-state index contributed by atoms with van der Waals surface area (Å²) in [5.41, 5.74) is 1.67. The van der Waals surface area contributed by atoms with Crippen molar-refractivity contribution in [2.45, 2.75) is 4.90 Å². The third kappa shape index (κ3) is 4.06. The molecule has 2 N–H and O–H groups in total. The maximum atomic E-state index is 12.1. The van der Waals surface area contributed by atoms with Gasteiger partial charge in [-0.1, -0.05) is 6.07 Å². The van der Waals surface area contributed by atoms with Gasteiger partial charge in [0.15, 0.2) is 0 Å². The monoisotopic (exact) mass is 351 g/mol. The molecule has 0 aliphatic heterocycles. The summed E-state index contributed by atoms with van der Waals surface area (Å²) in [7, 11) is -2.54. The van der Waals surface area contributed by atoms with Crippen molar-refractivity contribution in [3.8, 4) is 5.75 Å². The fraction of sp³-hybridized carbons (Fsp3) is 0.0714. The van der Waals surface area contributed by atoms with E-state index in [1.807, 2.05) is 10.3 Å². The van der Waals surface area contributed by atoms with Gasteiger partial charge in [-0.15, -0.1) is 4.83 Å². The number of methoxy groups -OCH3 is 1. The Balaban J connectivity index is 2.09. The zero-order chi connectivity index (χ0) is 17.7. The Hall–Kier alpha value is -2.98. The Kier molecular flexibility index (Phi) is 5.11. The molecule has 126 valence electrons. The van der Waals surface area contributed by atoms with E-state index in [9.17, 15) is 23.3 Å². The van der Waals surface area contributed by atoms with Crippen LogP contribution in [-0.2, 0) is 10.0 Å². The Morgan fingerprint density at radius 2 is 1.83 bits per heavy atom. The number of rotatable bonds is 6. The van der Waals surface area contributed by atoms with E-state index in [1.165, 1.54) is 49.6 Å². The minimum Gasteiger partial charge on any atom is -0.497 e. The molecule has 2 aromatic carbocycles. The first-order valence-corrected chi connectivity index (χ1v) is 8.02. The molecule has 9 nitrogen and oxygen atoms in total. The highest BCUT2D eigenvalue weighted by Crippen LogP contribution is 2.15. The Morgan fingerprint density at radius 3 is 2.42 bits per heavy atom. The number of nitrogens with one attached hydrogen (secondary N) is 2. The second-order valence-electron chi connectivity index (χ2n) is 4.54. The lowest BCUT2D eigenvalue weighted by atomic mass is 10.2. The van der Waals surface area contributed by atoms with Crippen molar-refractivity contribution in [3.05, 3.63) is 64.2 Å². The minimum absolute atomic E-state index is 0.0540. The van der Waals surface area contributed by atoms with Crippen LogP contribution in [0, 0.1) is 10.1 Å². The highest BCUT2D eigenvalue weighted by atomic mass is 32.2. The van der Waals surface area contributed by atoms with Crippen LogP contribution in [0.4, 0.5) is 5.69 Å². The topological polar surface area (TPSA) is 128 Å².